The summed E-state index contributed by atoms with van der Waals surface area (Å²) in [4.78, 5) is 19.4. The summed E-state index contributed by atoms with van der Waals surface area (Å²) < 4.78 is 20.0. The van der Waals surface area contributed by atoms with Crippen LogP contribution in [0.5, 0.6) is 0 Å². The maximum Gasteiger partial charge on any atom is 0.261 e. The SMILES string of the molecule is O=C(c1ccc(F)cc1Cl)N(CC1CCCO1)c1nc2ccc(Cl)cc2s1. The van der Waals surface area contributed by atoms with Crippen molar-refractivity contribution in [2.75, 3.05) is 18.1 Å². The number of halogens is 3. The molecule has 1 fully saturated rings. The molecule has 0 bridgehead atoms. The minimum absolute atomic E-state index is 0.0659. The average Bonchev–Trinajstić information content (AvgIpc) is 3.28. The minimum Gasteiger partial charge on any atom is -0.376 e. The Morgan fingerprint density at radius 1 is 1.30 bits per heavy atom. The predicted molar refractivity (Wildman–Crippen MR) is 107 cm³/mol. The predicted octanol–water partition coefficient (Wildman–Crippen LogP) is 5.57. The van der Waals surface area contributed by atoms with E-state index in [2.05, 4.69) is 4.98 Å². The van der Waals surface area contributed by atoms with Gasteiger partial charge in [-0.2, -0.15) is 0 Å². The Hall–Kier alpha value is -1.73. The van der Waals surface area contributed by atoms with Crippen molar-refractivity contribution >= 4 is 55.8 Å². The third kappa shape index (κ3) is 3.94. The van der Waals surface area contributed by atoms with Gasteiger partial charge in [-0.3, -0.25) is 9.69 Å². The van der Waals surface area contributed by atoms with Crippen molar-refractivity contribution in [2.45, 2.75) is 18.9 Å². The van der Waals surface area contributed by atoms with Crippen LogP contribution in [0.15, 0.2) is 36.4 Å². The number of amides is 1. The quantitative estimate of drug-likeness (QED) is 0.549. The number of carbonyl (C=O) groups is 1. The molecular weight excluding hydrogens is 410 g/mol. The van der Waals surface area contributed by atoms with Crippen LogP contribution in [0.25, 0.3) is 10.2 Å². The highest BCUT2D eigenvalue weighted by Gasteiger charge is 2.28. The molecule has 0 N–H and O–H groups in total. The van der Waals surface area contributed by atoms with E-state index in [1.807, 2.05) is 12.1 Å². The molecule has 3 aromatic rings. The smallest absolute Gasteiger partial charge is 0.261 e. The third-order valence-corrected chi connectivity index (χ3v) is 5.98. The zero-order valence-corrected chi connectivity index (χ0v) is 16.5. The van der Waals surface area contributed by atoms with Gasteiger partial charge in [0.2, 0.25) is 0 Å². The number of carbonyl (C=O) groups excluding carboxylic acids is 1. The maximum absolute atomic E-state index is 13.4. The molecule has 8 heteroatoms. The van der Waals surface area contributed by atoms with Gasteiger partial charge in [0, 0.05) is 11.6 Å². The average molecular weight is 425 g/mol. The van der Waals surface area contributed by atoms with Gasteiger partial charge in [0.1, 0.15) is 5.82 Å². The fourth-order valence-corrected chi connectivity index (χ4v) is 4.55. The van der Waals surface area contributed by atoms with Gasteiger partial charge in [0.15, 0.2) is 5.13 Å². The van der Waals surface area contributed by atoms with E-state index in [4.69, 9.17) is 27.9 Å². The molecule has 4 rings (SSSR count). The van der Waals surface area contributed by atoms with Gasteiger partial charge < -0.3 is 4.74 Å². The number of aromatic nitrogens is 1. The topological polar surface area (TPSA) is 42.4 Å². The molecule has 1 saturated heterocycles. The maximum atomic E-state index is 13.4. The first-order valence-corrected chi connectivity index (χ1v) is 10.0. The Morgan fingerprint density at radius 3 is 2.89 bits per heavy atom. The molecule has 140 valence electrons. The second-order valence-electron chi connectivity index (χ2n) is 6.28. The monoisotopic (exact) mass is 424 g/mol. The van der Waals surface area contributed by atoms with Crippen molar-refractivity contribution in [3.63, 3.8) is 0 Å². The molecule has 2 aromatic carbocycles. The molecule has 1 aromatic heterocycles. The summed E-state index contributed by atoms with van der Waals surface area (Å²) in [5.74, 6) is -0.822. The summed E-state index contributed by atoms with van der Waals surface area (Å²) >= 11 is 13.6. The number of hydrogen-bond donors (Lipinski definition) is 0. The number of anilines is 1. The molecular formula is C19H15Cl2FN2O2S. The van der Waals surface area contributed by atoms with Crippen LogP contribution in [-0.4, -0.2) is 30.1 Å². The van der Waals surface area contributed by atoms with Crippen molar-refractivity contribution in [2.24, 2.45) is 0 Å². The summed E-state index contributed by atoms with van der Waals surface area (Å²) in [7, 11) is 0. The largest absolute Gasteiger partial charge is 0.376 e. The Bertz CT molecular complexity index is 1000. The van der Waals surface area contributed by atoms with Crippen LogP contribution in [0.4, 0.5) is 9.52 Å². The number of ether oxygens (including phenoxy) is 1. The summed E-state index contributed by atoms with van der Waals surface area (Å²) in [6, 6.07) is 9.15. The molecule has 0 radical (unpaired) electrons. The van der Waals surface area contributed by atoms with Crippen molar-refractivity contribution in [3.05, 3.63) is 57.8 Å². The molecule has 1 aliphatic rings. The first kappa shape index (κ1) is 18.6. The molecule has 27 heavy (non-hydrogen) atoms. The second-order valence-corrected chi connectivity index (χ2v) is 8.14. The van der Waals surface area contributed by atoms with E-state index in [-0.39, 0.29) is 22.6 Å². The number of hydrogen-bond acceptors (Lipinski definition) is 4. The van der Waals surface area contributed by atoms with E-state index < -0.39 is 5.82 Å². The lowest BCUT2D eigenvalue weighted by Crippen LogP contribution is -2.37. The first-order valence-electron chi connectivity index (χ1n) is 8.46. The zero-order chi connectivity index (χ0) is 19.0. The molecule has 1 unspecified atom stereocenters. The lowest BCUT2D eigenvalue weighted by Gasteiger charge is -2.23. The van der Waals surface area contributed by atoms with Gasteiger partial charge >= 0.3 is 0 Å². The third-order valence-electron chi connectivity index (χ3n) is 4.39. The lowest BCUT2D eigenvalue weighted by molar-refractivity contribution is 0.0917. The van der Waals surface area contributed by atoms with E-state index >= 15 is 0 Å². The van der Waals surface area contributed by atoms with Crippen molar-refractivity contribution in [1.29, 1.82) is 0 Å². The first-order chi connectivity index (χ1) is 13.0. The van der Waals surface area contributed by atoms with Crippen molar-refractivity contribution in [1.82, 2.24) is 4.98 Å². The minimum atomic E-state index is -0.489. The van der Waals surface area contributed by atoms with Crippen LogP contribution in [-0.2, 0) is 4.74 Å². The molecule has 1 aliphatic heterocycles. The Labute approximate surface area is 169 Å². The van der Waals surface area contributed by atoms with Crippen LogP contribution < -0.4 is 4.90 Å². The van der Waals surface area contributed by atoms with Crippen LogP contribution in [0.3, 0.4) is 0 Å². The Balaban J connectivity index is 1.73. The summed E-state index contributed by atoms with van der Waals surface area (Å²) in [5, 5.41) is 1.21. The molecule has 1 atom stereocenters. The molecule has 2 heterocycles. The van der Waals surface area contributed by atoms with Gasteiger partial charge in [-0.05, 0) is 49.2 Å². The van der Waals surface area contributed by atoms with Gasteiger partial charge in [-0.15, -0.1) is 0 Å². The van der Waals surface area contributed by atoms with E-state index in [0.717, 1.165) is 29.1 Å². The van der Waals surface area contributed by atoms with Gasteiger partial charge in [-0.25, -0.2) is 9.37 Å². The van der Waals surface area contributed by atoms with E-state index in [1.165, 1.54) is 23.5 Å². The molecule has 0 aliphatic carbocycles. The van der Waals surface area contributed by atoms with Crippen molar-refractivity contribution in [3.8, 4) is 0 Å². The summed E-state index contributed by atoms with van der Waals surface area (Å²) in [6.45, 7) is 1.04. The highest BCUT2D eigenvalue weighted by molar-refractivity contribution is 7.22. The fourth-order valence-electron chi connectivity index (χ4n) is 3.05. The number of nitrogens with zero attached hydrogens (tertiary/aromatic N) is 2. The highest BCUT2D eigenvalue weighted by atomic mass is 35.5. The van der Waals surface area contributed by atoms with E-state index in [1.54, 1.807) is 11.0 Å². The zero-order valence-electron chi connectivity index (χ0n) is 14.1. The van der Waals surface area contributed by atoms with E-state index in [0.29, 0.717) is 23.3 Å². The number of fused-ring (bicyclic) bond motifs is 1. The molecule has 4 nitrogen and oxygen atoms in total. The Kier molecular flexibility index (Phi) is 5.32. The number of thiazole rings is 1. The van der Waals surface area contributed by atoms with Gasteiger partial charge in [0.25, 0.3) is 5.91 Å². The fraction of sp³-hybridized carbons (Fsp3) is 0.263. The lowest BCUT2D eigenvalue weighted by atomic mass is 10.1. The summed E-state index contributed by atoms with van der Waals surface area (Å²) in [5.41, 5.74) is 0.989. The van der Waals surface area contributed by atoms with Crippen molar-refractivity contribution < 1.29 is 13.9 Å². The number of benzene rings is 2. The number of rotatable bonds is 4. The van der Waals surface area contributed by atoms with Crippen LogP contribution in [0.1, 0.15) is 23.2 Å². The second kappa shape index (κ2) is 7.72. The molecule has 0 spiro atoms. The Morgan fingerprint density at radius 2 is 2.15 bits per heavy atom. The molecule has 0 saturated carbocycles. The van der Waals surface area contributed by atoms with Crippen LogP contribution in [0, 0.1) is 5.82 Å². The summed E-state index contributed by atoms with van der Waals surface area (Å²) in [6.07, 6.45) is 1.76. The van der Waals surface area contributed by atoms with Gasteiger partial charge in [-0.1, -0.05) is 34.5 Å². The molecule has 1 amide bonds. The van der Waals surface area contributed by atoms with E-state index in [9.17, 15) is 9.18 Å². The normalized spacial score (nSPS) is 16.8. The van der Waals surface area contributed by atoms with Gasteiger partial charge in [0.05, 0.1) is 33.5 Å². The van der Waals surface area contributed by atoms with Crippen LogP contribution >= 0.6 is 34.5 Å². The van der Waals surface area contributed by atoms with Crippen LogP contribution in [0.2, 0.25) is 10.0 Å². The standard InChI is InChI=1S/C19H15Cl2FN2O2S/c20-11-3-6-16-17(8-11)27-19(23-16)24(10-13-2-1-7-26-13)18(25)14-5-4-12(22)9-15(14)21/h3-6,8-9,13H,1-2,7,10H2. The highest BCUT2D eigenvalue weighted by Crippen LogP contribution is 2.33.